The Balaban J connectivity index is 1.77. The highest BCUT2D eigenvalue weighted by atomic mass is 15.3. The maximum absolute atomic E-state index is 5.99. The highest BCUT2D eigenvalue weighted by molar-refractivity contribution is 5.62. The van der Waals surface area contributed by atoms with Crippen molar-refractivity contribution in [2.45, 2.75) is 122 Å². The Kier molecular flexibility index (Phi) is 14.8. The minimum absolute atomic E-state index is 0.126. The molecule has 3 nitrogen and oxygen atoms in total. The number of nitrogens with zero attached hydrogens (tertiary/aromatic N) is 2. The molecule has 2 N–H and O–H groups in total. The average molecular weight is 364 g/mol. The van der Waals surface area contributed by atoms with Crippen LogP contribution in [0, 0.1) is 0 Å². The fraction of sp³-hybridized carbons (Fsp3) is 0.870. The summed E-state index contributed by atoms with van der Waals surface area (Å²) >= 11 is 0. The summed E-state index contributed by atoms with van der Waals surface area (Å²) in [5, 5.41) is 0. The number of hydrogen-bond acceptors (Lipinski definition) is 3. The molecule has 0 fully saturated rings. The van der Waals surface area contributed by atoms with Crippen LogP contribution in [0.5, 0.6) is 0 Å². The second-order valence-corrected chi connectivity index (χ2v) is 7.99. The SMILES string of the molecule is C/C=C/CCCCCCCCCCCCCCCC1N=CCN1C(C)N. The highest BCUT2D eigenvalue weighted by Gasteiger charge is 2.22. The van der Waals surface area contributed by atoms with Crippen LogP contribution in [0.25, 0.3) is 0 Å². The van der Waals surface area contributed by atoms with Gasteiger partial charge in [0.25, 0.3) is 0 Å². The van der Waals surface area contributed by atoms with Crippen LogP contribution in [0.4, 0.5) is 0 Å². The molecule has 2 unspecified atom stereocenters. The molecule has 0 bridgehead atoms. The van der Waals surface area contributed by atoms with Crippen LogP contribution in [0.3, 0.4) is 0 Å². The van der Waals surface area contributed by atoms with Gasteiger partial charge in [0.1, 0.15) is 6.17 Å². The summed E-state index contributed by atoms with van der Waals surface area (Å²) in [6.45, 7) is 5.10. The van der Waals surface area contributed by atoms with E-state index in [0.29, 0.717) is 6.17 Å². The van der Waals surface area contributed by atoms with E-state index in [4.69, 9.17) is 5.73 Å². The first kappa shape index (κ1) is 23.4. The molecule has 1 aliphatic heterocycles. The molecule has 26 heavy (non-hydrogen) atoms. The topological polar surface area (TPSA) is 41.6 Å². The van der Waals surface area contributed by atoms with E-state index in [1.165, 1.54) is 96.3 Å². The average Bonchev–Trinajstić information content (AvgIpc) is 3.10. The summed E-state index contributed by atoms with van der Waals surface area (Å²) in [5.41, 5.74) is 5.99. The molecule has 2 atom stereocenters. The van der Waals surface area contributed by atoms with Gasteiger partial charge in [-0.05, 0) is 39.5 Å². The second kappa shape index (κ2) is 16.5. The van der Waals surface area contributed by atoms with Crippen LogP contribution >= 0.6 is 0 Å². The lowest BCUT2D eigenvalue weighted by Crippen LogP contribution is -2.43. The van der Waals surface area contributed by atoms with E-state index >= 15 is 0 Å². The van der Waals surface area contributed by atoms with Gasteiger partial charge < -0.3 is 5.73 Å². The van der Waals surface area contributed by atoms with Crippen LogP contribution < -0.4 is 5.73 Å². The van der Waals surface area contributed by atoms with Crippen LogP contribution in [0.1, 0.15) is 110 Å². The largest absolute Gasteiger partial charge is 0.316 e. The Labute approximate surface area is 163 Å². The quantitative estimate of drug-likeness (QED) is 0.239. The van der Waals surface area contributed by atoms with E-state index in [-0.39, 0.29) is 6.17 Å². The Morgan fingerprint density at radius 1 is 0.923 bits per heavy atom. The number of nitrogens with two attached hydrogens (primary N) is 1. The third kappa shape index (κ3) is 11.9. The molecule has 1 rings (SSSR count). The van der Waals surface area contributed by atoms with Gasteiger partial charge in [-0.15, -0.1) is 0 Å². The molecule has 0 aromatic carbocycles. The van der Waals surface area contributed by atoms with E-state index in [0.717, 1.165) is 6.54 Å². The van der Waals surface area contributed by atoms with Crippen molar-refractivity contribution in [2.24, 2.45) is 10.7 Å². The first-order chi connectivity index (χ1) is 12.8. The fourth-order valence-electron chi connectivity index (χ4n) is 3.85. The normalized spacial score (nSPS) is 19.0. The Morgan fingerprint density at radius 3 is 1.92 bits per heavy atom. The van der Waals surface area contributed by atoms with Crippen LogP contribution in [-0.4, -0.2) is 30.0 Å². The van der Waals surface area contributed by atoms with Gasteiger partial charge in [0.15, 0.2) is 0 Å². The predicted octanol–water partition coefficient (Wildman–Crippen LogP) is 6.43. The molecule has 152 valence electrons. The third-order valence-electron chi connectivity index (χ3n) is 5.54. The summed E-state index contributed by atoms with van der Waals surface area (Å²) in [5.74, 6) is 0. The van der Waals surface area contributed by atoms with E-state index < -0.39 is 0 Å². The maximum atomic E-state index is 5.99. The van der Waals surface area contributed by atoms with Gasteiger partial charge in [-0.2, -0.15) is 0 Å². The van der Waals surface area contributed by atoms with Crippen molar-refractivity contribution < 1.29 is 0 Å². The molecule has 0 radical (unpaired) electrons. The van der Waals surface area contributed by atoms with E-state index in [1.807, 2.05) is 6.21 Å². The molecule has 0 amide bonds. The van der Waals surface area contributed by atoms with Crippen molar-refractivity contribution >= 4 is 6.21 Å². The first-order valence-corrected chi connectivity index (χ1v) is 11.4. The van der Waals surface area contributed by atoms with Crippen molar-refractivity contribution in [1.82, 2.24) is 4.90 Å². The molecule has 3 heteroatoms. The lowest BCUT2D eigenvalue weighted by Gasteiger charge is -2.26. The van der Waals surface area contributed by atoms with Crippen LogP contribution in [0.15, 0.2) is 17.1 Å². The zero-order valence-corrected chi connectivity index (χ0v) is 17.7. The van der Waals surface area contributed by atoms with Crippen molar-refractivity contribution in [2.75, 3.05) is 6.54 Å². The summed E-state index contributed by atoms with van der Waals surface area (Å²) in [7, 11) is 0. The summed E-state index contributed by atoms with van der Waals surface area (Å²) in [6, 6.07) is 0. The second-order valence-electron chi connectivity index (χ2n) is 7.99. The molecule has 0 saturated carbocycles. The fourth-order valence-corrected chi connectivity index (χ4v) is 3.85. The lowest BCUT2D eigenvalue weighted by molar-refractivity contribution is 0.182. The predicted molar refractivity (Wildman–Crippen MR) is 117 cm³/mol. The number of unbranched alkanes of at least 4 members (excludes halogenated alkanes) is 13. The van der Waals surface area contributed by atoms with Crippen molar-refractivity contribution in [3.63, 3.8) is 0 Å². The molecule has 0 aromatic rings. The third-order valence-corrected chi connectivity index (χ3v) is 5.54. The molecule has 0 aromatic heterocycles. The Morgan fingerprint density at radius 2 is 1.42 bits per heavy atom. The van der Waals surface area contributed by atoms with Crippen molar-refractivity contribution in [1.29, 1.82) is 0 Å². The Bertz CT molecular complexity index is 362. The minimum Gasteiger partial charge on any atom is -0.316 e. The number of aliphatic imine (C=N–C) groups is 1. The monoisotopic (exact) mass is 363 g/mol. The maximum Gasteiger partial charge on any atom is 0.103 e. The van der Waals surface area contributed by atoms with Gasteiger partial charge in [0.2, 0.25) is 0 Å². The van der Waals surface area contributed by atoms with Crippen LogP contribution in [-0.2, 0) is 0 Å². The zero-order chi connectivity index (χ0) is 18.9. The van der Waals surface area contributed by atoms with E-state index in [1.54, 1.807) is 0 Å². The van der Waals surface area contributed by atoms with Gasteiger partial charge in [-0.1, -0.05) is 82.8 Å². The number of hydrogen-bond donors (Lipinski definition) is 1. The number of rotatable bonds is 17. The number of allylic oxidation sites excluding steroid dienone is 2. The van der Waals surface area contributed by atoms with Gasteiger partial charge in [-0.25, -0.2) is 0 Å². The van der Waals surface area contributed by atoms with Gasteiger partial charge in [0, 0.05) is 12.8 Å². The summed E-state index contributed by atoms with van der Waals surface area (Å²) in [4.78, 5) is 6.86. The minimum atomic E-state index is 0.126. The molecular formula is C23H45N3. The summed E-state index contributed by atoms with van der Waals surface area (Å²) in [6.07, 6.45) is 27.7. The standard InChI is InChI=1S/C23H45N3/c1-3-4-5-6-7-8-9-10-11-12-13-14-15-16-17-18-19-23-25-20-21-26(23)22(2)24/h3-4,20,22-23H,5-19,21,24H2,1-2H3/b4-3+. The molecule has 0 aliphatic carbocycles. The van der Waals surface area contributed by atoms with Gasteiger partial charge in [-0.3, -0.25) is 9.89 Å². The Hall–Kier alpha value is -0.670. The first-order valence-electron chi connectivity index (χ1n) is 11.4. The highest BCUT2D eigenvalue weighted by Crippen LogP contribution is 2.17. The zero-order valence-electron chi connectivity index (χ0n) is 17.7. The lowest BCUT2D eigenvalue weighted by atomic mass is 10.0. The van der Waals surface area contributed by atoms with Crippen LogP contribution in [0.2, 0.25) is 0 Å². The van der Waals surface area contributed by atoms with E-state index in [9.17, 15) is 0 Å². The van der Waals surface area contributed by atoms with Gasteiger partial charge >= 0.3 is 0 Å². The smallest absolute Gasteiger partial charge is 0.103 e. The molecule has 0 saturated heterocycles. The van der Waals surface area contributed by atoms with Crippen molar-refractivity contribution in [3.8, 4) is 0 Å². The van der Waals surface area contributed by atoms with E-state index in [2.05, 4.69) is 35.9 Å². The molecule has 1 aliphatic rings. The molecule has 1 heterocycles. The molecular weight excluding hydrogens is 318 g/mol. The van der Waals surface area contributed by atoms with Gasteiger partial charge in [0.05, 0.1) is 6.17 Å². The molecule has 0 spiro atoms. The van der Waals surface area contributed by atoms with Crippen molar-refractivity contribution in [3.05, 3.63) is 12.2 Å². The summed E-state index contributed by atoms with van der Waals surface area (Å²) < 4.78 is 0.